The zero-order chi connectivity index (χ0) is 16.8. The first-order chi connectivity index (χ1) is 10.8. The number of carbonyl (C=O) groups excluding carboxylic acids is 1. The van der Waals surface area contributed by atoms with Crippen LogP contribution in [0.3, 0.4) is 0 Å². The lowest BCUT2D eigenvalue weighted by Crippen LogP contribution is -2.25. The molecule has 1 N–H and O–H groups in total. The molecule has 0 fully saturated rings. The third-order valence-electron chi connectivity index (χ3n) is 3.98. The standard InChI is InChI=1S/C18H18ClNO2S/c1-10-16(15-13(21)8-18(2,3)9-14(15)22)20-17(23-10)11-4-6-12(19)7-5-11/h4-7,21H,8-9H2,1-3H3. The van der Waals surface area contributed by atoms with Crippen molar-refractivity contribution in [3.8, 4) is 10.6 Å². The molecule has 0 bridgehead atoms. The summed E-state index contributed by atoms with van der Waals surface area (Å²) in [5.74, 6) is 0.122. The van der Waals surface area contributed by atoms with Gasteiger partial charge in [-0.3, -0.25) is 4.79 Å². The first-order valence-corrected chi connectivity index (χ1v) is 8.65. The van der Waals surface area contributed by atoms with Crippen molar-refractivity contribution in [1.29, 1.82) is 0 Å². The molecule has 0 spiro atoms. The second kappa shape index (κ2) is 5.77. The molecule has 1 aromatic carbocycles. The first kappa shape index (κ1) is 16.2. The van der Waals surface area contributed by atoms with E-state index in [9.17, 15) is 9.90 Å². The van der Waals surface area contributed by atoms with Gasteiger partial charge in [0.2, 0.25) is 0 Å². The minimum atomic E-state index is -0.201. The Morgan fingerprint density at radius 3 is 2.48 bits per heavy atom. The van der Waals surface area contributed by atoms with Crippen LogP contribution in [-0.4, -0.2) is 15.9 Å². The van der Waals surface area contributed by atoms with Gasteiger partial charge in [-0.25, -0.2) is 4.98 Å². The maximum absolute atomic E-state index is 12.5. The van der Waals surface area contributed by atoms with Crippen molar-refractivity contribution in [3.05, 3.63) is 45.6 Å². The van der Waals surface area contributed by atoms with Gasteiger partial charge in [0.15, 0.2) is 5.78 Å². The van der Waals surface area contributed by atoms with Crippen LogP contribution in [0.5, 0.6) is 0 Å². The molecule has 0 saturated heterocycles. The van der Waals surface area contributed by atoms with Crippen molar-refractivity contribution in [2.24, 2.45) is 5.41 Å². The van der Waals surface area contributed by atoms with E-state index in [4.69, 9.17) is 11.6 Å². The number of benzene rings is 1. The first-order valence-electron chi connectivity index (χ1n) is 7.46. The van der Waals surface area contributed by atoms with Gasteiger partial charge in [-0.1, -0.05) is 37.6 Å². The summed E-state index contributed by atoms with van der Waals surface area (Å²) in [7, 11) is 0. The molecule has 1 aliphatic rings. The number of thiazole rings is 1. The van der Waals surface area contributed by atoms with E-state index in [1.54, 1.807) is 0 Å². The van der Waals surface area contributed by atoms with E-state index in [2.05, 4.69) is 4.98 Å². The van der Waals surface area contributed by atoms with Gasteiger partial charge in [-0.2, -0.15) is 0 Å². The van der Waals surface area contributed by atoms with Gasteiger partial charge in [0.05, 0.1) is 11.3 Å². The predicted octanol–water partition coefficient (Wildman–Crippen LogP) is 5.43. The number of aliphatic hydroxyl groups is 1. The molecule has 0 saturated carbocycles. The molecule has 120 valence electrons. The van der Waals surface area contributed by atoms with E-state index in [-0.39, 0.29) is 17.0 Å². The Bertz CT molecular complexity index is 803. The monoisotopic (exact) mass is 347 g/mol. The summed E-state index contributed by atoms with van der Waals surface area (Å²) >= 11 is 7.44. The smallest absolute Gasteiger partial charge is 0.169 e. The minimum Gasteiger partial charge on any atom is -0.511 e. The number of halogens is 1. The van der Waals surface area contributed by atoms with Crippen molar-refractivity contribution in [1.82, 2.24) is 4.98 Å². The fourth-order valence-corrected chi connectivity index (χ4v) is 3.95. The van der Waals surface area contributed by atoms with Gasteiger partial charge < -0.3 is 5.11 Å². The molecule has 0 unspecified atom stereocenters. The number of carbonyl (C=O) groups is 1. The summed E-state index contributed by atoms with van der Waals surface area (Å²) in [6.45, 7) is 5.91. The highest BCUT2D eigenvalue weighted by molar-refractivity contribution is 7.15. The number of ketones is 1. The summed E-state index contributed by atoms with van der Waals surface area (Å²) in [5.41, 5.74) is 1.75. The van der Waals surface area contributed by atoms with E-state index in [0.29, 0.717) is 29.1 Å². The van der Waals surface area contributed by atoms with Gasteiger partial charge in [-0.05, 0) is 24.5 Å². The minimum absolute atomic E-state index is 0.0326. The zero-order valence-corrected chi connectivity index (χ0v) is 14.9. The van der Waals surface area contributed by atoms with Crippen molar-refractivity contribution >= 4 is 34.3 Å². The highest BCUT2D eigenvalue weighted by Crippen LogP contribution is 2.41. The van der Waals surface area contributed by atoms with E-state index < -0.39 is 0 Å². The number of aliphatic hydroxyl groups excluding tert-OH is 1. The Morgan fingerprint density at radius 2 is 1.87 bits per heavy atom. The molecule has 0 aliphatic heterocycles. The third-order valence-corrected chi connectivity index (χ3v) is 5.25. The maximum Gasteiger partial charge on any atom is 0.169 e. The molecule has 0 amide bonds. The summed E-state index contributed by atoms with van der Waals surface area (Å²) in [5, 5.41) is 11.9. The molecule has 5 heteroatoms. The fourth-order valence-electron chi connectivity index (χ4n) is 2.90. The van der Waals surface area contributed by atoms with Crippen molar-refractivity contribution in [3.63, 3.8) is 0 Å². The summed E-state index contributed by atoms with van der Waals surface area (Å²) in [6.07, 6.45) is 0.932. The quantitative estimate of drug-likeness (QED) is 0.787. The van der Waals surface area contributed by atoms with Gasteiger partial charge in [0.1, 0.15) is 10.8 Å². The van der Waals surface area contributed by atoms with Gasteiger partial charge in [0.25, 0.3) is 0 Å². The van der Waals surface area contributed by atoms with E-state index in [1.807, 2.05) is 45.0 Å². The summed E-state index contributed by atoms with van der Waals surface area (Å²) in [6, 6.07) is 7.45. The number of nitrogens with zero attached hydrogens (tertiary/aromatic N) is 1. The number of Topliss-reactive ketones (excluding diaryl/α,β-unsaturated/α-hetero) is 1. The number of hydrogen-bond acceptors (Lipinski definition) is 4. The van der Waals surface area contributed by atoms with E-state index >= 15 is 0 Å². The van der Waals surface area contributed by atoms with Crippen LogP contribution >= 0.6 is 22.9 Å². The van der Waals surface area contributed by atoms with Crippen LogP contribution in [-0.2, 0) is 4.79 Å². The highest BCUT2D eigenvalue weighted by atomic mass is 35.5. The maximum atomic E-state index is 12.5. The van der Waals surface area contributed by atoms with Gasteiger partial charge >= 0.3 is 0 Å². The third kappa shape index (κ3) is 3.19. The lowest BCUT2D eigenvalue weighted by molar-refractivity contribution is -0.116. The van der Waals surface area contributed by atoms with Crippen molar-refractivity contribution < 1.29 is 9.90 Å². The Labute approximate surface area is 144 Å². The lowest BCUT2D eigenvalue weighted by Gasteiger charge is -2.29. The normalized spacial score (nSPS) is 17.7. The topological polar surface area (TPSA) is 50.2 Å². The molecular formula is C18H18ClNO2S. The van der Waals surface area contributed by atoms with Crippen LogP contribution < -0.4 is 0 Å². The number of aromatic nitrogens is 1. The largest absolute Gasteiger partial charge is 0.511 e. The number of hydrogen-bond donors (Lipinski definition) is 1. The molecule has 1 aliphatic carbocycles. The molecule has 0 radical (unpaired) electrons. The average Bonchev–Trinajstić information content (AvgIpc) is 2.79. The summed E-state index contributed by atoms with van der Waals surface area (Å²) in [4.78, 5) is 18.0. The van der Waals surface area contributed by atoms with E-state index in [1.165, 1.54) is 11.3 Å². The molecule has 2 aromatic rings. The van der Waals surface area contributed by atoms with Crippen LogP contribution in [0.2, 0.25) is 5.02 Å². The highest BCUT2D eigenvalue weighted by Gasteiger charge is 2.35. The van der Waals surface area contributed by atoms with Crippen LogP contribution in [0.15, 0.2) is 30.0 Å². The van der Waals surface area contributed by atoms with Crippen LogP contribution in [0.25, 0.3) is 16.1 Å². The predicted molar refractivity (Wildman–Crippen MR) is 94.9 cm³/mol. The number of aryl methyl sites for hydroxylation is 1. The molecule has 3 rings (SSSR count). The molecule has 1 aromatic heterocycles. The SMILES string of the molecule is Cc1sc(-c2ccc(Cl)cc2)nc1C1=C(O)CC(C)(C)CC1=O. The van der Waals surface area contributed by atoms with Crippen LogP contribution in [0, 0.1) is 12.3 Å². The molecular weight excluding hydrogens is 330 g/mol. The second-order valence-electron chi connectivity index (χ2n) is 6.69. The Balaban J connectivity index is 2.05. The second-order valence-corrected chi connectivity index (χ2v) is 8.33. The average molecular weight is 348 g/mol. The van der Waals surface area contributed by atoms with Gasteiger partial charge in [-0.15, -0.1) is 11.3 Å². The lowest BCUT2D eigenvalue weighted by atomic mass is 9.76. The Kier molecular flexibility index (Phi) is 4.07. The number of rotatable bonds is 2. The molecule has 23 heavy (non-hydrogen) atoms. The van der Waals surface area contributed by atoms with Crippen molar-refractivity contribution in [2.45, 2.75) is 33.6 Å². The molecule has 3 nitrogen and oxygen atoms in total. The molecule has 0 atom stereocenters. The summed E-state index contributed by atoms with van der Waals surface area (Å²) < 4.78 is 0. The van der Waals surface area contributed by atoms with E-state index in [0.717, 1.165) is 15.4 Å². The van der Waals surface area contributed by atoms with Crippen LogP contribution in [0.4, 0.5) is 0 Å². The Morgan fingerprint density at radius 1 is 1.22 bits per heavy atom. The fraction of sp³-hybridized carbons (Fsp3) is 0.333. The van der Waals surface area contributed by atoms with Gasteiger partial charge in [0, 0.05) is 28.3 Å². The molecule has 1 heterocycles. The number of allylic oxidation sites excluding steroid dienone is 2. The zero-order valence-electron chi connectivity index (χ0n) is 13.3. The van der Waals surface area contributed by atoms with Crippen LogP contribution in [0.1, 0.15) is 37.3 Å². The Hall–Kier alpha value is -1.65. The van der Waals surface area contributed by atoms with Crippen molar-refractivity contribution in [2.75, 3.05) is 0 Å².